The van der Waals surface area contributed by atoms with Gasteiger partial charge in [-0.3, -0.25) is 4.79 Å². The summed E-state index contributed by atoms with van der Waals surface area (Å²) < 4.78 is 41.3. The van der Waals surface area contributed by atoms with Crippen molar-refractivity contribution in [3.05, 3.63) is 23.9 Å². The van der Waals surface area contributed by atoms with Crippen molar-refractivity contribution in [3.63, 3.8) is 0 Å². The zero-order valence-electron chi connectivity index (χ0n) is 13.8. The number of nitrogens with zero attached hydrogens (tertiary/aromatic N) is 3. The lowest BCUT2D eigenvalue weighted by Crippen LogP contribution is -2.48. The summed E-state index contributed by atoms with van der Waals surface area (Å²) in [6.07, 6.45) is -1.55. The zero-order valence-corrected chi connectivity index (χ0v) is 13.8. The summed E-state index contributed by atoms with van der Waals surface area (Å²) in [5.41, 5.74) is 0.111. The number of likely N-dealkylation sites (tertiary alicyclic amines) is 1. The van der Waals surface area contributed by atoms with Crippen molar-refractivity contribution >= 4 is 5.91 Å². The largest absolute Gasteiger partial charge is 0.468 e. The van der Waals surface area contributed by atoms with Gasteiger partial charge < -0.3 is 14.5 Å². The molecule has 134 valence electrons. The number of carbonyl (C=O) groups excluding carboxylic acids is 1. The molecule has 2 heterocycles. The number of rotatable bonds is 5. The number of carbonyl (C=O) groups is 1. The van der Waals surface area contributed by atoms with Crippen LogP contribution >= 0.6 is 0 Å². The van der Waals surface area contributed by atoms with Crippen LogP contribution in [0, 0.1) is 0 Å². The Labute approximate surface area is 139 Å². The smallest absolute Gasteiger partial charge is 0.422 e. The first kappa shape index (κ1) is 18.5. The van der Waals surface area contributed by atoms with E-state index in [2.05, 4.69) is 9.72 Å². The van der Waals surface area contributed by atoms with Gasteiger partial charge in [0.1, 0.15) is 5.69 Å². The minimum absolute atomic E-state index is 0.0859. The summed E-state index contributed by atoms with van der Waals surface area (Å²) in [5.74, 6) is -0.460. The van der Waals surface area contributed by atoms with E-state index in [-0.39, 0.29) is 23.5 Å². The van der Waals surface area contributed by atoms with Gasteiger partial charge in [-0.05, 0) is 39.4 Å². The molecule has 0 unspecified atom stereocenters. The van der Waals surface area contributed by atoms with Gasteiger partial charge >= 0.3 is 6.18 Å². The van der Waals surface area contributed by atoms with Crippen LogP contribution in [0.15, 0.2) is 18.2 Å². The summed E-state index contributed by atoms with van der Waals surface area (Å²) in [4.78, 5) is 20.4. The minimum Gasteiger partial charge on any atom is -0.468 e. The number of halogens is 3. The molecule has 0 saturated carbocycles. The molecular formula is C16H22F3N3O2. The Morgan fingerprint density at radius 2 is 2.12 bits per heavy atom. The molecule has 5 nitrogen and oxygen atoms in total. The average molecular weight is 345 g/mol. The molecular weight excluding hydrogens is 323 g/mol. The summed E-state index contributed by atoms with van der Waals surface area (Å²) in [5, 5.41) is 0. The molecule has 24 heavy (non-hydrogen) atoms. The van der Waals surface area contributed by atoms with E-state index >= 15 is 0 Å². The third-order valence-electron chi connectivity index (χ3n) is 3.79. The van der Waals surface area contributed by atoms with E-state index in [9.17, 15) is 18.0 Å². The van der Waals surface area contributed by atoms with E-state index in [1.54, 1.807) is 4.90 Å². The van der Waals surface area contributed by atoms with E-state index in [1.165, 1.54) is 18.2 Å². The van der Waals surface area contributed by atoms with Gasteiger partial charge in [0.15, 0.2) is 6.61 Å². The normalized spacial score (nSPS) is 18.8. The lowest BCUT2D eigenvalue weighted by molar-refractivity contribution is -0.154. The van der Waals surface area contributed by atoms with Gasteiger partial charge in [0.05, 0.1) is 0 Å². The number of pyridine rings is 1. The molecule has 0 bridgehead atoms. The fourth-order valence-corrected chi connectivity index (χ4v) is 2.80. The van der Waals surface area contributed by atoms with Crippen LogP contribution in [0.2, 0.25) is 0 Å². The Hall–Kier alpha value is -1.83. The highest BCUT2D eigenvalue weighted by Crippen LogP contribution is 2.21. The monoisotopic (exact) mass is 345 g/mol. The molecule has 1 fully saturated rings. The van der Waals surface area contributed by atoms with E-state index in [0.717, 1.165) is 25.8 Å². The molecule has 0 aromatic carbocycles. The molecule has 1 atom stereocenters. The molecule has 0 N–H and O–H groups in total. The van der Waals surface area contributed by atoms with E-state index in [0.29, 0.717) is 6.54 Å². The maximum Gasteiger partial charge on any atom is 0.422 e. The molecule has 2 rings (SSSR count). The molecule has 8 heteroatoms. The molecule has 1 amide bonds. The highest BCUT2D eigenvalue weighted by molar-refractivity contribution is 5.92. The van der Waals surface area contributed by atoms with Gasteiger partial charge in [-0.15, -0.1) is 0 Å². The van der Waals surface area contributed by atoms with Crippen LogP contribution in [-0.2, 0) is 0 Å². The van der Waals surface area contributed by atoms with Crippen molar-refractivity contribution in [2.75, 3.05) is 33.8 Å². The van der Waals surface area contributed by atoms with E-state index < -0.39 is 12.8 Å². The maximum absolute atomic E-state index is 12.7. The fraction of sp³-hybridized carbons (Fsp3) is 0.625. The van der Waals surface area contributed by atoms with Gasteiger partial charge in [-0.1, -0.05) is 6.07 Å². The lowest BCUT2D eigenvalue weighted by Gasteiger charge is -2.37. The Balaban J connectivity index is 2.10. The van der Waals surface area contributed by atoms with Gasteiger partial charge in [-0.2, -0.15) is 13.2 Å². The van der Waals surface area contributed by atoms with Crippen LogP contribution in [0.3, 0.4) is 0 Å². The Bertz CT molecular complexity index is 564. The van der Waals surface area contributed by atoms with E-state index in [1.807, 2.05) is 19.0 Å². The number of aromatic nitrogens is 1. The molecule has 1 aromatic heterocycles. The number of piperidine rings is 1. The highest BCUT2D eigenvalue weighted by atomic mass is 19.4. The molecule has 1 aliphatic heterocycles. The predicted molar refractivity (Wildman–Crippen MR) is 83.0 cm³/mol. The molecule has 1 saturated heterocycles. The van der Waals surface area contributed by atoms with Crippen LogP contribution in [0.4, 0.5) is 13.2 Å². The van der Waals surface area contributed by atoms with Crippen LogP contribution < -0.4 is 4.74 Å². The first-order valence-corrected chi connectivity index (χ1v) is 7.88. The highest BCUT2D eigenvalue weighted by Gasteiger charge is 2.30. The summed E-state index contributed by atoms with van der Waals surface area (Å²) >= 11 is 0. The average Bonchev–Trinajstić information content (AvgIpc) is 2.52. The van der Waals surface area contributed by atoms with Gasteiger partial charge in [0, 0.05) is 25.2 Å². The van der Waals surface area contributed by atoms with Gasteiger partial charge in [-0.25, -0.2) is 4.98 Å². The third-order valence-corrected chi connectivity index (χ3v) is 3.79. The second kappa shape index (κ2) is 7.83. The first-order valence-electron chi connectivity index (χ1n) is 7.88. The second-order valence-corrected chi connectivity index (χ2v) is 6.18. The predicted octanol–water partition coefficient (Wildman–Crippen LogP) is 2.58. The van der Waals surface area contributed by atoms with Crippen molar-refractivity contribution in [3.8, 4) is 5.88 Å². The van der Waals surface area contributed by atoms with Crippen LogP contribution in [-0.4, -0.2) is 66.7 Å². The minimum atomic E-state index is -4.44. The van der Waals surface area contributed by atoms with Crippen molar-refractivity contribution in [1.29, 1.82) is 0 Å². The standard InChI is InChI=1S/C16H22F3N3O2/c1-21(2)10-12-6-3-4-9-22(12)15(23)13-7-5-8-14(20-13)24-11-16(17,18)19/h5,7-8,12H,3-4,6,9-11H2,1-2H3/t12-/m1/s1. The maximum atomic E-state index is 12.7. The number of likely N-dealkylation sites (N-methyl/N-ethyl adjacent to an activating group) is 1. The number of amides is 1. The Morgan fingerprint density at radius 1 is 1.38 bits per heavy atom. The zero-order chi connectivity index (χ0) is 17.7. The molecule has 0 aliphatic carbocycles. The Morgan fingerprint density at radius 3 is 2.79 bits per heavy atom. The Kier molecular flexibility index (Phi) is 6.04. The summed E-state index contributed by atoms with van der Waals surface area (Å²) in [6.45, 7) is -0.0483. The second-order valence-electron chi connectivity index (χ2n) is 6.18. The molecule has 0 spiro atoms. The van der Waals surface area contributed by atoms with Crippen LogP contribution in [0.5, 0.6) is 5.88 Å². The van der Waals surface area contributed by atoms with Crippen molar-refractivity contribution in [1.82, 2.24) is 14.8 Å². The number of hydrogen-bond acceptors (Lipinski definition) is 4. The molecule has 1 aromatic rings. The molecule has 1 aliphatic rings. The topological polar surface area (TPSA) is 45.7 Å². The summed E-state index contributed by atoms with van der Waals surface area (Å²) in [7, 11) is 3.89. The lowest BCUT2D eigenvalue weighted by atomic mass is 10.0. The van der Waals surface area contributed by atoms with Crippen molar-refractivity contribution < 1.29 is 22.7 Å². The van der Waals surface area contributed by atoms with Crippen molar-refractivity contribution in [2.24, 2.45) is 0 Å². The first-order chi connectivity index (χ1) is 11.3. The third kappa shape index (κ3) is 5.36. The SMILES string of the molecule is CN(C)C[C@H]1CCCCN1C(=O)c1cccc(OCC(F)(F)F)n1. The van der Waals surface area contributed by atoms with Gasteiger partial charge in [0.25, 0.3) is 5.91 Å². The van der Waals surface area contributed by atoms with Crippen molar-refractivity contribution in [2.45, 2.75) is 31.5 Å². The van der Waals surface area contributed by atoms with Gasteiger partial charge in [0.2, 0.25) is 5.88 Å². The quantitative estimate of drug-likeness (QED) is 0.823. The van der Waals surface area contributed by atoms with Crippen LogP contribution in [0.1, 0.15) is 29.8 Å². The molecule has 0 radical (unpaired) electrons. The fourth-order valence-electron chi connectivity index (χ4n) is 2.80. The summed E-state index contributed by atoms with van der Waals surface area (Å²) in [6, 6.07) is 4.39. The number of ether oxygens (including phenoxy) is 1. The number of hydrogen-bond donors (Lipinski definition) is 0. The van der Waals surface area contributed by atoms with Crippen LogP contribution in [0.25, 0.3) is 0 Å². The van der Waals surface area contributed by atoms with E-state index in [4.69, 9.17) is 0 Å². The number of alkyl halides is 3.